The second-order valence-corrected chi connectivity index (χ2v) is 9.02. The Morgan fingerprint density at radius 2 is 1.79 bits per heavy atom. The first kappa shape index (κ1) is 22.4. The van der Waals surface area contributed by atoms with Gasteiger partial charge in [0.2, 0.25) is 5.91 Å². The van der Waals surface area contributed by atoms with Crippen molar-refractivity contribution in [3.63, 3.8) is 0 Å². The molecular weight excluding hydrogens is 418 g/mol. The fraction of sp³-hybridized carbons (Fsp3) is 0.556. The van der Waals surface area contributed by atoms with Crippen LogP contribution in [0.1, 0.15) is 10.8 Å². The molecule has 0 aliphatic carbocycles. The highest BCUT2D eigenvalue weighted by molar-refractivity contribution is 8.23. The van der Waals surface area contributed by atoms with E-state index in [0.29, 0.717) is 0 Å². The number of nitrogens with two attached hydrogens (primary N) is 1. The Morgan fingerprint density at radius 3 is 2.34 bits per heavy atom. The topological polar surface area (TPSA) is 140 Å². The van der Waals surface area contributed by atoms with Crippen molar-refractivity contribution in [2.75, 3.05) is 25.6 Å². The number of carbonyl (C=O) groups excluding carboxylic acids is 1. The van der Waals surface area contributed by atoms with E-state index in [1.807, 2.05) is 43.3 Å². The molecular formula is C18H25N3O6S2. The molecule has 0 spiro atoms. The summed E-state index contributed by atoms with van der Waals surface area (Å²) < 4.78 is 5.60. The smallest absolute Gasteiger partial charge is 0.248 e. The van der Waals surface area contributed by atoms with E-state index in [1.54, 1.807) is 0 Å². The summed E-state index contributed by atoms with van der Waals surface area (Å²) >= 11 is 6.57. The summed E-state index contributed by atoms with van der Waals surface area (Å²) in [6.07, 6.45) is -7.26. The molecule has 2 fully saturated rings. The number of aliphatic hydroxyl groups is 4. The van der Waals surface area contributed by atoms with Crippen molar-refractivity contribution in [1.29, 1.82) is 0 Å². The molecule has 0 aromatic heterocycles. The van der Waals surface area contributed by atoms with Crippen LogP contribution in [0.2, 0.25) is 0 Å². The zero-order valence-electron chi connectivity index (χ0n) is 16.0. The lowest BCUT2D eigenvalue weighted by Crippen LogP contribution is -2.67. The minimum Gasteiger partial charge on any atom is -0.394 e. The summed E-state index contributed by atoms with van der Waals surface area (Å²) in [6.45, 7) is -0.601. The molecule has 0 unspecified atom stereocenters. The zero-order valence-corrected chi connectivity index (χ0v) is 17.6. The maximum Gasteiger partial charge on any atom is 0.248 e. The molecule has 0 saturated carbocycles. The number of anilines is 1. The van der Waals surface area contributed by atoms with Crippen molar-refractivity contribution in [2.45, 2.75) is 41.9 Å². The number of rotatable bonds is 4. The van der Waals surface area contributed by atoms with Gasteiger partial charge in [0.1, 0.15) is 34.8 Å². The van der Waals surface area contributed by atoms with E-state index in [0.717, 1.165) is 16.2 Å². The second kappa shape index (κ2) is 8.82. The van der Waals surface area contributed by atoms with Gasteiger partial charge in [-0.1, -0.05) is 36.1 Å². The van der Waals surface area contributed by atoms with Crippen molar-refractivity contribution >= 4 is 39.9 Å². The van der Waals surface area contributed by atoms with Crippen LogP contribution in [0, 0.1) is 0 Å². The van der Waals surface area contributed by atoms with E-state index < -0.39 is 54.4 Å². The van der Waals surface area contributed by atoms with Crippen LogP contribution in [0.5, 0.6) is 0 Å². The van der Waals surface area contributed by atoms with E-state index in [2.05, 4.69) is 0 Å². The van der Waals surface area contributed by atoms with Crippen LogP contribution in [-0.2, 0) is 9.53 Å². The zero-order chi connectivity index (χ0) is 21.5. The van der Waals surface area contributed by atoms with Crippen LogP contribution in [0.15, 0.2) is 24.3 Å². The number of benzene rings is 1. The Bertz CT molecular complexity index is 762. The van der Waals surface area contributed by atoms with Crippen LogP contribution >= 0.6 is 24.0 Å². The summed E-state index contributed by atoms with van der Waals surface area (Å²) in [6, 6.07) is 6.63. The lowest BCUT2D eigenvalue weighted by Gasteiger charge is -2.47. The number of aliphatic hydroxyl groups excluding tert-OH is 4. The number of ether oxygens (including phenoxy) is 1. The monoisotopic (exact) mass is 443 g/mol. The Kier molecular flexibility index (Phi) is 6.81. The van der Waals surface area contributed by atoms with Crippen molar-refractivity contribution in [3.8, 4) is 0 Å². The molecule has 11 heteroatoms. The number of nitrogens with zero attached hydrogens (tertiary/aromatic N) is 2. The molecule has 1 aromatic carbocycles. The molecule has 2 aliphatic rings. The fourth-order valence-corrected chi connectivity index (χ4v) is 4.97. The largest absolute Gasteiger partial charge is 0.394 e. The van der Waals surface area contributed by atoms with E-state index >= 15 is 0 Å². The quantitative estimate of drug-likeness (QED) is 0.360. The van der Waals surface area contributed by atoms with Gasteiger partial charge in [-0.25, -0.2) is 0 Å². The van der Waals surface area contributed by atoms with Gasteiger partial charge in [0.15, 0.2) is 6.23 Å². The van der Waals surface area contributed by atoms with Crippen LogP contribution in [-0.4, -0.2) is 92.9 Å². The number of amides is 1. The van der Waals surface area contributed by atoms with E-state index in [-0.39, 0.29) is 4.32 Å². The summed E-state index contributed by atoms with van der Waals surface area (Å²) in [5.74, 6) is -0.570. The van der Waals surface area contributed by atoms with Gasteiger partial charge in [-0.3, -0.25) is 9.69 Å². The first-order valence-corrected chi connectivity index (χ1v) is 10.3. The van der Waals surface area contributed by atoms with Gasteiger partial charge in [-0.2, -0.15) is 0 Å². The average molecular weight is 444 g/mol. The van der Waals surface area contributed by atoms with Crippen LogP contribution in [0.25, 0.3) is 0 Å². The normalized spacial score (nSPS) is 35.7. The van der Waals surface area contributed by atoms with Crippen LogP contribution < -0.4 is 10.6 Å². The highest BCUT2D eigenvalue weighted by Crippen LogP contribution is 2.40. The third-order valence-corrected chi connectivity index (χ3v) is 6.84. The highest BCUT2D eigenvalue weighted by Gasteiger charge is 2.51. The van der Waals surface area contributed by atoms with Crippen molar-refractivity contribution < 1.29 is 30.0 Å². The molecule has 3 rings (SSSR count). The maximum atomic E-state index is 13.0. The summed E-state index contributed by atoms with van der Waals surface area (Å²) in [7, 11) is 3.85. The van der Waals surface area contributed by atoms with E-state index in [4.69, 9.17) is 22.7 Å². The molecule has 2 aliphatic heterocycles. The van der Waals surface area contributed by atoms with Crippen molar-refractivity contribution in [1.82, 2.24) is 4.90 Å². The molecule has 29 heavy (non-hydrogen) atoms. The van der Waals surface area contributed by atoms with Gasteiger partial charge >= 0.3 is 0 Å². The van der Waals surface area contributed by atoms with Gasteiger partial charge < -0.3 is 35.8 Å². The van der Waals surface area contributed by atoms with E-state index in [1.165, 1.54) is 11.8 Å². The maximum absolute atomic E-state index is 13.0. The van der Waals surface area contributed by atoms with Gasteiger partial charge in [0, 0.05) is 19.8 Å². The predicted molar refractivity (Wildman–Crippen MR) is 112 cm³/mol. The van der Waals surface area contributed by atoms with Crippen LogP contribution in [0.4, 0.5) is 5.69 Å². The number of carbonyl (C=O) groups is 1. The molecule has 0 bridgehead atoms. The molecule has 1 amide bonds. The molecule has 7 atom stereocenters. The number of thioether (sulfide) groups is 1. The van der Waals surface area contributed by atoms with Gasteiger partial charge in [0.05, 0.1) is 11.9 Å². The lowest BCUT2D eigenvalue weighted by atomic mass is 9.97. The highest BCUT2D eigenvalue weighted by atomic mass is 32.2. The molecule has 2 saturated heterocycles. The Morgan fingerprint density at radius 1 is 1.17 bits per heavy atom. The molecule has 6 N–H and O–H groups in total. The Hall–Kier alpha value is -1.31. The summed E-state index contributed by atoms with van der Waals surface area (Å²) in [5.41, 5.74) is 8.04. The fourth-order valence-electron chi connectivity index (χ4n) is 3.38. The van der Waals surface area contributed by atoms with Crippen molar-refractivity contribution in [2.24, 2.45) is 5.73 Å². The molecule has 9 nitrogen and oxygen atoms in total. The lowest BCUT2D eigenvalue weighted by molar-refractivity contribution is -0.253. The minimum absolute atomic E-state index is 0.128. The van der Waals surface area contributed by atoms with Crippen molar-refractivity contribution in [3.05, 3.63) is 29.8 Å². The first-order valence-electron chi connectivity index (χ1n) is 9.04. The minimum atomic E-state index is -1.61. The van der Waals surface area contributed by atoms with Gasteiger partial charge in [-0.15, -0.1) is 0 Å². The van der Waals surface area contributed by atoms with Gasteiger partial charge in [0.25, 0.3) is 0 Å². The van der Waals surface area contributed by atoms with Crippen LogP contribution in [0.3, 0.4) is 0 Å². The van der Waals surface area contributed by atoms with E-state index in [9.17, 15) is 25.2 Å². The predicted octanol–water partition coefficient (Wildman–Crippen LogP) is -1.22. The standard InChI is InChI=1S/C18H25N3O6S2/c1-20(2)9-5-3-8(4-6-9)15-11(19)16(26)21(18(28)29-15)17-14(25)13(24)12(23)10(7-22)27-17/h3-6,10-15,17,22-25H,7,19H2,1-2H3/t10-,11-,12-,13+,14-,15+,17-/m1/s1. The Balaban J connectivity index is 1.83. The number of hydrogen-bond donors (Lipinski definition) is 5. The number of hydrogen-bond acceptors (Lipinski definition) is 10. The third kappa shape index (κ3) is 4.14. The molecule has 1 aromatic rings. The average Bonchev–Trinajstić information content (AvgIpc) is 2.70. The number of thiocarbonyl (C=S) groups is 1. The third-order valence-electron chi connectivity index (χ3n) is 5.13. The summed E-state index contributed by atoms with van der Waals surface area (Å²) in [5, 5.41) is 39.3. The van der Waals surface area contributed by atoms with Gasteiger partial charge in [-0.05, 0) is 17.7 Å². The summed E-state index contributed by atoms with van der Waals surface area (Å²) in [4.78, 5) is 16.0. The molecule has 2 heterocycles. The SMILES string of the molecule is CN(C)c1ccc([C@@H]2SC(=S)N([C@@H]3O[C@H](CO)[C@@H](O)[C@H](O)[C@H]3O)C(=O)[C@@H]2N)cc1. The second-order valence-electron chi connectivity index (χ2n) is 7.24. The molecule has 160 valence electrons. The Labute approximate surface area is 178 Å². The molecule has 0 radical (unpaired) electrons. The first-order chi connectivity index (χ1) is 13.7.